The van der Waals surface area contributed by atoms with Gasteiger partial charge in [-0.3, -0.25) is 0 Å². The highest BCUT2D eigenvalue weighted by atomic mass is 32.3. The Hall–Kier alpha value is -3.58. The van der Waals surface area contributed by atoms with Gasteiger partial charge >= 0.3 is 21.0 Å². The molecule has 0 fully saturated rings. The van der Waals surface area contributed by atoms with Crippen molar-refractivity contribution in [3.8, 4) is 28.7 Å². The number of halogens is 2. The Labute approximate surface area is 188 Å². The zero-order valence-electron chi connectivity index (χ0n) is 16.8. The lowest BCUT2D eigenvalue weighted by atomic mass is 10.2. The average molecular weight is 502 g/mol. The summed E-state index contributed by atoms with van der Waals surface area (Å²) in [4.78, 5) is 0. The third-order valence-electron chi connectivity index (χ3n) is 3.91. The molecule has 0 aliphatic heterocycles. The van der Waals surface area contributed by atoms with Gasteiger partial charge in [-0.15, -0.1) is 0 Å². The second-order valence-corrected chi connectivity index (χ2v) is 8.14. The molecule has 0 radical (unpaired) electrons. The number of hydrogen-bond acceptors (Lipinski definition) is 9. The molecule has 3 aromatic rings. The van der Waals surface area contributed by atoms with Crippen LogP contribution in [0.4, 0.5) is 7.77 Å². The van der Waals surface area contributed by atoms with E-state index in [0.29, 0.717) is 17.1 Å². The highest BCUT2D eigenvalue weighted by molar-refractivity contribution is 7.82. The summed E-state index contributed by atoms with van der Waals surface area (Å²) in [7, 11) is -8.86. The van der Waals surface area contributed by atoms with Gasteiger partial charge in [-0.05, 0) is 72.8 Å². The van der Waals surface area contributed by atoms with E-state index in [9.17, 15) is 24.6 Å². The minimum atomic E-state index is -5.19. The molecule has 33 heavy (non-hydrogen) atoms. The van der Waals surface area contributed by atoms with E-state index >= 15 is 0 Å². The molecule has 0 aliphatic rings. The van der Waals surface area contributed by atoms with Crippen molar-refractivity contribution in [1.82, 2.24) is 0 Å². The monoisotopic (exact) mass is 502 g/mol. The van der Waals surface area contributed by atoms with Crippen LogP contribution in [-0.2, 0) is 21.0 Å². The predicted molar refractivity (Wildman–Crippen MR) is 111 cm³/mol. The molecule has 0 aromatic heterocycles. The van der Waals surface area contributed by atoms with Crippen LogP contribution in [0.3, 0.4) is 0 Å². The van der Waals surface area contributed by atoms with Crippen molar-refractivity contribution >= 4 is 21.0 Å². The lowest BCUT2D eigenvalue weighted by molar-refractivity contribution is 0.00374. The predicted octanol–water partition coefficient (Wildman–Crippen LogP) is 4.04. The minimum Gasteiger partial charge on any atom is -0.497 e. The topological polar surface area (TPSA) is 114 Å². The first kappa shape index (κ1) is 24.1. The van der Waals surface area contributed by atoms with Crippen LogP contribution in [0.15, 0.2) is 72.8 Å². The van der Waals surface area contributed by atoms with Gasteiger partial charge in [-0.25, -0.2) is 0 Å². The van der Waals surface area contributed by atoms with Crippen molar-refractivity contribution in [2.45, 2.75) is 6.29 Å². The van der Waals surface area contributed by atoms with E-state index in [1.54, 1.807) is 24.3 Å². The van der Waals surface area contributed by atoms with Gasteiger partial charge in [0.05, 0.1) is 7.11 Å². The summed E-state index contributed by atoms with van der Waals surface area (Å²) in [6, 6.07) is 16.7. The van der Waals surface area contributed by atoms with Crippen LogP contribution in [0, 0.1) is 0 Å². The summed E-state index contributed by atoms with van der Waals surface area (Å²) >= 11 is 0. The van der Waals surface area contributed by atoms with Gasteiger partial charge in [0, 0.05) is 5.56 Å². The van der Waals surface area contributed by atoms with E-state index < -0.39 is 27.3 Å². The maximum atomic E-state index is 12.7. The highest BCUT2D eigenvalue weighted by Crippen LogP contribution is 2.29. The fourth-order valence-corrected chi connectivity index (χ4v) is 3.23. The third kappa shape index (κ3) is 7.80. The smallest absolute Gasteiger partial charge is 0.488 e. The Kier molecular flexibility index (Phi) is 7.23. The molecular formula is C20H16F2O9S2. The number of ether oxygens (including phenoxy) is 3. The van der Waals surface area contributed by atoms with Crippen molar-refractivity contribution < 1.29 is 47.2 Å². The fourth-order valence-electron chi connectivity index (χ4n) is 2.55. The summed E-state index contributed by atoms with van der Waals surface area (Å²) in [6.07, 6.45) is -1.09. The van der Waals surface area contributed by atoms with Crippen LogP contribution >= 0.6 is 0 Å². The van der Waals surface area contributed by atoms with Crippen molar-refractivity contribution in [2.24, 2.45) is 0 Å². The molecule has 0 heterocycles. The van der Waals surface area contributed by atoms with E-state index in [-0.39, 0.29) is 17.2 Å². The molecule has 0 N–H and O–H groups in total. The second-order valence-electron chi connectivity index (χ2n) is 6.24. The number of methoxy groups -OCH3 is 1. The molecule has 0 spiro atoms. The second kappa shape index (κ2) is 9.92. The zero-order valence-corrected chi connectivity index (χ0v) is 18.4. The maximum Gasteiger partial charge on any atom is 0.488 e. The summed E-state index contributed by atoms with van der Waals surface area (Å²) in [5.41, 5.74) is 0.390. The van der Waals surface area contributed by atoms with Crippen molar-refractivity contribution in [2.75, 3.05) is 7.11 Å². The van der Waals surface area contributed by atoms with Gasteiger partial charge < -0.3 is 22.6 Å². The number of hydrogen-bond donors (Lipinski definition) is 0. The van der Waals surface area contributed by atoms with E-state index in [1.807, 2.05) is 0 Å². The Morgan fingerprint density at radius 1 is 0.576 bits per heavy atom. The van der Waals surface area contributed by atoms with Crippen LogP contribution in [0.1, 0.15) is 11.9 Å². The third-order valence-corrected chi connectivity index (χ3v) is 4.70. The molecule has 0 bridgehead atoms. The molecule has 0 saturated carbocycles. The quantitative estimate of drug-likeness (QED) is 0.299. The maximum absolute atomic E-state index is 12.7. The summed E-state index contributed by atoms with van der Waals surface area (Å²) < 4.78 is 92.9. The largest absolute Gasteiger partial charge is 0.497 e. The lowest BCUT2D eigenvalue weighted by Crippen LogP contribution is -2.15. The first-order valence-corrected chi connectivity index (χ1v) is 11.6. The van der Waals surface area contributed by atoms with Gasteiger partial charge in [-0.1, -0.05) is 7.77 Å². The van der Waals surface area contributed by atoms with Crippen LogP contribution in [0.25, 0.3) is 0 Å². The van der Waals surface area contributed by atoms with Gasteiger partial charge in [0.15, 0.2) is 0 Å². The Bertz CT molecular complexity index is 1280. The zero-order chi connectivity index (χ0) is 24.1. The molecule has 9 nitrogen and oxygen atoms in total. The molecule has 176 valence electrons. The Balaban J connectivity index is 1.84. The first-order chi connectivity index (χ1) is 15.5. The van der Waals surface area contributed by atoms with Crippen molar-refractivity contribution in [3.05, 3.63) is 78.4 Å². The summed E-state index contributed by atoms with van der Waals surface area (Å²) in [5, 5.41) is 0. The van der Waals surface area contributed by atoms with E-state index in [1.165, 1.54) is 55.6 Å². The van der Waals surface area contributed by atoms with Crippen LogP contribution in [0.5, 0.6) is 28.7 Å². The van der Waals surface area contributed by atoms with Crippen LogP contribution < -0.4 is 22.6 Å². The molecule has 3 rings (SSSR count). The fraction of sp³-hybridized carbons (Fsp3) is 0.100. The molecule has 13 heteroatoms. The van der Waals surface area contributed by atoms with E-state index in [0.717, 1.165) is 0 Å². The summed E-state index contributed by atoms with van der Waals surface area (Å²) in [5.74, 6) is 0.636. The SMILES string of the molecule is COc1ccc(OC(Oc2ccc(OS(=O)(=O)F)cc2)c2ccc(OS(=O)(=O)F)cc2)cc1. The van der Waals surface area contributed by atoms with Gasteiger partial charge in [-0.2, -0.15) is 16.8 Å². The van der Waals surface area contributed by atoms with Crippen LogP contribution in [0.2, 0.25) is 0 Å². The van der Waals surface area contributed by atoms with Gasteiger partial charge in [0.1, 0.15) is 28.7 Å². The van der Waals surface area contributed by atoms with Gasteiger partial charge in [0.2, 0.25) is 0 Å². The molecule has 3 aromatic carbocycles. The first-order valence-electron chi connectivity index (χ1n) is 8.96. The summed E-state index contributed by atoms with van der Waals surface area (Å²) in [6.45, 7) is 0. The molecular weight excluding hydrogens is 486 g/mol. The molecule has 0 saturated heterocycles. The normalized spacial score (nSPS) is 12.5. The molecule has 1 unspecified atom stereocenters. The Morgan fingerprint density at radius 2 is 0.909 bits per heavy atom. The average Bonchev–Trinajstić information content (AvgIpc) is 2.73. The van der Waals surface area contributed by atoms with Crippen LogP contribution in [-0.4, -0.2) is 23.9 Å². The highest BCUT2D eigenvalue weighted by Gasteiger charge is 2.18. The Morgan fingerprint density at radius 3 is 1.27 bits per heavy atom. The molecule has 0 aliphatic carbocycles. The van der Waals surface area contributed by atoms with Crippen molar-refractivity contribution in [3.63, 3.8) is 0 Å². The van der Waals surface area contributed by atoms with Crippen molar-refractivity contribution in [1.29, 1.82) is 0 Å². The molecule has 0 amide bonds. The standard InChI is InChI=1S/C20H16F2O9S2/c1-27-15-6-8-16(9-7-15)28-20(14-2-4-18(5-3-14)30-32(21,23)24)29-17-10-12-19(13-11-17)31-33(22,25)26/h2-13,20H,1H3. The van der Waals surface area contributed by atoms with Gasteiger partial charge in [0.25, 0.3) is 6.29 Å². The lowest BCUT2D eigenvalue weighted by Gasteiger charge is -2.21. The number of rotatable bonds is 10. The number of benzene rings is 3. The minimum absolute atomic E-state index is 0.198. The van der Waals surface area contributed by atoms with E-state index in [4.69, 9.17) is 14.2 Å². The van der Waals surface area contributed by atoms with E-state index in [2.05, 4.69) is 8.37 Å². The molecule has 1 atom stereocenters.